The number of hydrogen-bond donors (Lipinski definition) is 0. The second kappa shape index (κ2) is 3.55. The Morgan fingerprint density at radius 3 is 2.33 bits per heavy atom. The lowest BCUT2D eigenvalue weighted by atomic mass is 10.2. The molecule has 0 saturated carbocycles. The summed E-state index contributed by atoms with van der Waals surface area (Å²) >= 11 is 0. The molecule has 1 aromatic heterocycles. The van der Waals surface area contributed by atoms with Crippen LogP contribution in [0.2, 0.25) is 0 Å². The van der Waals surface area contributed by atoms with Gasteiger partial charge in [-0.3, -0.25) is 0 Å². The largest absolute Gasteiger partial charge is 0.267 e. The molecule has 1 heterocycles. The number of hydrogen-bond acceptors (Lipinski definition) is 2. The normalized spacial score (nSPS) is 11.5. The Morgan fingerprint density at radius 1 is 1.07 bits per heavy atom. The molecule has 0 saturated heterocycles. The third-order valence-corrected chi connectivity index (χ3v) is 3.79. The summed E-state index contributed by atoms with van der Waals surface area (Å²) in [5.74, 6) is 0. The Labute approximate surface area is 89.0 Å². The summed E-state index contributed by atoms with van der Waals surface area (Å²) in [5.41, 5.74) is 0.934. The third kappa shape index (κ3) is 1.80. The molecule has 0 atom stereocenters. The van der Waals surface area contributed by atoms with Crippen LogP contribution in [0.3, 0.4) is 0 Å². The van der Waals surface area contributed by atoms with Crippen molar-refractivity contribution in [3.05, 3.63) is 54.4 Å². The van der Waals surface area contributed by atoms with Crippen LogP contribution in [-0.4, -0.2) is 12.4 Å². The molecule has 0 bridgehead atoms. The molecule has 2 rings (SSSR count). The van der Waals surface area contributed by atoms with Crippen LogP contribution in [0.5, 0.6) is 0 Å². The van der Waals surface area contributed by atoms with Crippen molar-refractivity contribution >= 4 is 10.0 Å². The molecule has 4 heteroatoms. The molecule has 1 aromatic carbocycles. The van der Waals surface area contributed by atoms with E-state index in [1.165, 1.54) is 16.4 Å². The summed E-state index contributed by atoms with van der Waals surface area (Å²) in [6, 6.07) is 10.2. The van der Waals surface area contributed by atoms with E-state index >= 15 is 0 Å². The standard InChI is InChI=1S/C11H11NO2S/c1-10-5-4-6-11(9-10)15(13,14)12-7-2-3-8-12/h2-9H,1H3. The van der Waals surface area contributed by atoms with Crippen molar-refractivity contribution in [3.63, 3.8) is 0 Å². The van der Waals surface area contributed by atoms with Crippen LogP contribution in [0.1, 0.15) is 5.56 Å². The van der Waals surface area contributed by atoms with Crippen molar-refractivity contribution in [3.8, 4) is 0 Å². The van der Waals surface area contributed by atoms with E-state index in [1.54, 1.807) is 30.3 Å². The van der Waals surface area contributed by atoms with Crippen molar-refractivity contribution in [2.24, 2.45) is 0 Å². The number of nitrogens with zero attached hydrogens (tertiary/aromatic N) is 1. The van der Waals surface area contributed by atoms with E-state index in [0.717, 1.165) is 5.56 Å². The minimum absolute atomic E-state index is 0.318. The van der Waals surface area contributed by atoms with Gasteiger partial charge in [0, 0.05) is 12.4 Å². The fourth-order valence-electron chi connectivity index (χ4n) is 1.38. The predicted molar refractivity (Wildman–Crippen MR) is 58.2 cm³/mol. The molecule has 0 aliphatic carbocycles. The summed E-state index contributed by atoms with van der Waals surface area (Å²) in [6.07, 6.45) is 3.05. The van der Waals surface area contributed by atoms with Gasteiger partial charge in [-0.25, -0.2) is 12.4 Å². The lowest BCUT2D eigenvalue weighted by Crippen LogP contribution is -2.10. The molecule has 0 N–H and O–H groups in total. The Balaban J connectivity index is 2.57. The zero-order valence-electron chi connectivity index (χ0n) is 8.29. The average molecular weight is 221 g/mol. The molecular formula is C11H11NO2S. The maximum atomic E-state index is 12.0. The smallest absolute Gasteiger partial charge is 0.249 e. The zero-order chi connectivity index (χ0) is 10.9. The summed E-state index contributed by atoms with van der Waals surface area (Å²) < 4.78 is 25.2. The molecule has 2 aromatic rings. The zero-order valence-corrected chi connectivity index (χ0v) is 9.11. The van der Waals surface area contributed by atoms with Gasteiger partial charge in [0.15, 0.2) is 0 Å². The molecule has 3 nitrogen and oxygen atoms in total. The highest BCUT2D eigenvalue weighted by molar-refractivity contribution is 7.90. The van der Waals surface area contributed by atoms with Gasteiger partial charge < -0.3 is 0 Å². The van der Waals surface area contributed by atoms with E-state index in [2.05, 4.69) is 0 Å². The monoisotopic (exact) mass is 221 g/mol. The molecule has 0 aliphatic rings. The molecule has 0 fully saturated rings. The Bertz CT molecular complexity index is 556. The number of aryl methyl sites for hydroxylation is 1. The summed E-state index contributed by atoms with van der Waals surface area (Å²) in [6.45, 7) is 1.87. The first-order valence-electron chi connectivity index (χ1n) is 4.56. The summed E-state index contributed by atoms with van der Waals surface area (Å²) in [7, 11) is -3.40. The van der Waals surface area contributed by atoms with E-state index in [4.69, 9.17) is 0 Å². The molecule has 0 radical (unpaired) electrons. The molecule has 78 valence electrons. The fraction of sp³-hybridized carbons (Fsp3) is 0.0909. The van der Waals surface area contributed by atoms with Crippen LogP contribution in [0.15, 0.2) is 53.7 Å². The van der Waals surface area contributed by atoms with Crippen molar-refractivity contribution in [1.82, 2.24) is 3.97 Å². The first kappa shape index (κ1) is 9.98. The highest BCUT2D eigenvalue weighted by Crippen LogP contribution is 2.14. The number of benzene rings is 1. The highest BCUT2D eigenvalue weighted by atomic mass is 32.2. The summed E-state index contributed by atoms with van der Waals surface area (Å²) in [4.78, 5) is 0.318. The summed E-state index contributed by atoms with van der Waals surface area (Å²) in [5, 5.41) is 0. The van der Waals surface area contributed by atoms with Crippen LogP contribution in [0.4, 0.5) is 0 Å². The SMILES string of the molecule is Cc1cccc(S(=O)(=O)n2cccc2)c1. The van der Waals surface area contributed by atoms with Crippen molar-refractivity contribution in [2.45, 2.75) is 11.8 Å². The second-order valence-corrected chi connectivity index (χ2v) is 5.18. The first-order chi connectivity index (χ1) is 7.10. The van der Waals surface area contributed by atoms with Crippen molar-refractivity contribution in [2.75, 3.05) is 0 Å². The van der Waals surface area contributed by atoms with E-state index in [0.29, 0.717) is 4.90 Å². The molecule has 0 spiro atoms. The third-order valence-electron chi connectivity index (χ3n) is 2.14. The van der Waals surface area contributed by atoms with E-state index in [1.807, 2.05) is 13.0 Å². The molecule has 15 heavy (non-hydrogen) atoms. The van der Waals surface area contributed by atoms with E-state index < -0.39 is 10.0 Å². The maximum absolute atomic E-state index is 12.0. The first-order valence-corrected chi connectivity index (χ1v) is 6.00. The molecule has 0 unspecified atom stereocenters. The number of rotatable bonds is 2. The van der Waals surface area contributed by atoms with Gasteiger partial charge >= 0.3 is 0 Å². The Kier molecular flexibility index (Phi) is 2.36. The van der Waals surface area contributed by atoms with Crippen LogP contribution in [-0.2, 0) is 10.0 Å². The predicted octanol–water partition coefficient (Wildman–Crippen LogP) is 2.03. The Hall–Kier alpha value is -1.55. The lowest BCUT2D eigenvalue weighted by Gasteiger charge is -2.05. The molecular weight excluding hydrogens is 210 g/mol. The molecule has 0 amide bonds. The second-order valence-electron chi connectivity index (χ2n) is 3.33. The van der Waals surface area contributed by atoms with E-state index in [-0.39, 0.29) is 0 Å². The van der Waals surface area contributed by atoms with Crippen LogP contribution >= 0.6 is 0 Å². The fourth-order valence-corrected chi connectivity index (χ4v) is 2.67. The van der Waals surface area contributed by atoms with Gasteiger partial charge in [0.25, 0.3) is 10.0 Å². The minimum Gasteiger partial charge on any atom is -0.249 e. The van der Waals surface area contributed by atoms with E-state index in [9.17, 15) is 8.42 Å². The van der Waals surface area contributed by atoms with Gasteiger partial charge in [-0.15, -0.1) is 0 Å². The highest BCUT2D eigenvalue weighted by Gasteiger charge is 2.14. The van der Waals surface area contributed by atoms with Gasteiger partial charge in [0.1, 0.15) is 0 Å². The van der Waals surface area contributed by atoms with Gasteiger partial charge in [-0.2, -0.15) is 0 Å². The quantitative estimate of drug-likeness (QED) is 0.778. The van der Waals surface area contributed by atoms with Crippen LogP contribution < -0.4 is 0 Å². The van der Waals surface area contributed by atoms with Crippen molar-refractivity contribution in [1.29, 1.82) is 0 Å². The van der Waals surface area contributed by atoms with Gasteiger partial charge in [-0.05, 0) is 36.8 Å². The van der Waals surface area contributed by atoms with Crippen molar-refractivity contribution < 1.29 is 8.42 Å². The van der Waals surface area contributed by atoms with Gasteiger partial charge in [0.05, 0.1) is 4.90 Å². The topological polar surface area (TPSA) is 39.1 Å². The van der Waals surface area contributed by atoms with Gasteiger partial charge in [0.2, 0.25) is 0 Å². The van der Waals surface area contributed by atoms with Crippen LogP contribution in [0.25, 0.3) is 0 Å². The number of aromatic nitrogens is 1. The lowest BCUT2D eigenvalue weighted by molar-refractivity contribution is 0.587. The molecule has 0 aliphatic heterocycles. The minimum atomic E-state index is -3.40. The maximum Gasteiger partial charge on any atom is 0.267 e. The average Bonchev–Trinajstić information content (AvgIpc) is 2.71. The van der Waals surface area contributed by atoms with Gasteiger partial charge in [-0.1, -0.05) is 12.1 Å². The van der Waals surface area contributed by atoms with Crippen LogP contribution in [0, 0.1) is 6.92 Å². The Morgan fingerprint density at radius 2 is 1.73 bits per heavy atom.